The maximum atomic E-state index is 14.4. The molecule has 0 bridgehead atoms. The molecule has 1 aliphatic rings. The highest BCUT2D eigenvalue weighted by Crippen LogP contribution is 2.33. The Bertz CT molecular complexity index is 972. The minimum Gasteiger partial charge on any atom is -0.490 e. The Morgan fingerprint density at radius 2 is 1.71 bits per heavy atom. The van der Waals surface area contributed by atoms with Crippen LogP contribution in [0.1, 0.15) is 19.8 Å². The van der Waals surface area contributed by atoms with Crippen molar-refractivity contribution in [1.29, 1.82) is 0 Å². The molecule has 1 aliphatic heterocycles. The predicted molar refractivity (Wildman–Crippen MR) is 105 cm³/mol. The summed E-state index contributed by atoms with van der Waals surface area (Å²) >= 11 is 0. The third-order valence-electron chi connectivity index (χ3n) is 5.00. The predicted octanol–water partition coefficient (Wildman–Crippen LogP) is 4.96. The van der Waals surface area contributed by atoms with E-state index >= 15 is 0 Å². The molecule has 1 saturated heterocycles. The summed E-state index contributed by atoms with van der Waals surface area (Å²) in [4.78, 5) is 6.09. The molecule has 0 saturated carbocycles. The molecule has 0 N–H and O–H groups in total. The van der Waals surface area contributed by atoms with Crippen LogP contribution in [0.25, 0.3) is 10.9 Å². The lowest BCUT2D eigenvalue weighted by molar-refractivity contribution is 0.162. The number of pyridine rings is 1. The Hall–Kier alpha value is -2.89. The van der Waals surface area contributed by atoms with Crippen LogP contribution in [0.15, 0.2) is 48.7 Å². The van der Waals surface area contributed by atoms with Crippen molar-refractivity contribution in [1.82, 2.24) is 4.98 Å². The van der Waals surface area contributed by atoms with Gasteiger partial charge in [0.15, 0.2) is 11.5 Å². The molecule has 0 unspecified atom stereocenters. The van der Waals surface area contributed by atoms with Gasteiger partial charge in [-0.15, -0.1) is 0 Å². The van der Waals surface area contributed by atoms with Crippen molar-refractivity contribution >= 4 is 16.6 Å². The third kappa shape index (κ3) is 3.59. The third-order valence-corrected chi connectivity index (χ3v) is 5.00. The number of fused-ring (bicyclic) bond motifs is 1. The lowest BCUT2D eigenvalue weighted by Gasteiger charge is -2.34. The van der Waals surface area contributed by atoms with E-state index in [2.05, 4.69) is 9.88 Å². The summed E-state index contributed by atoms with van der Waals surface area (Å²) in [6, 6.07) is 11.7. The average molecular weight is 384 g/mol. The number of halogens is 2. The number of piperidine rings is 1. The number of ether oxygens (including phenoxy) is 2. The van der Waals surface area contributed by atoms with E-state index in [9.17, 15) is 8.78 Å². The van der Waals surface area contributed by atoms with Crippen LogP contribution >= 0.6 is 0 Å². The van der Waals surface area contributed by atoms with Gasteiger partial charge in [-0.3, -0.25) is 4.98 Å². The molecule has 2 aromatic carbocycles. The first-order valence-electron chi connectivity index (χ1n) is 9.53. The van der Waals surface area contributed by atoms with Crippen LogP contribution in [0.4, 0.5) is 14.5 Å². The second-order valence-electron chi connectivity index (χ2n) is 6.77. The smallest absolute Gasteiger partial charge is 0.161 e. The fourth-order valence-electron chi connectivity index (χ4n) is 3.66. The van der Waals surface area contributed by atoms with E-state index in [1.54, 1.807) is 6.07 Å². The molecule has 4 rings (SSSR count). The quantitative estimate of drug-likeness (QED) is 0.623. The van der Waals surface area contributed by atoms with Gasteiger partial charge in [-0.1, -0.05) is 12.1 Å². The Labute approximate surface area is 162 Å². The summed E-state index contributed by atoms with van der Waals surface area (Å²) in [5.41, 5.74) is 0.747. The first kappa shape index (κ1) is 18.5. The molecular formula is C22H22F2N2O2. The summed E-state index contributed by atoms with van der Waals surface area (Å²) in [7, 11) is 0. The normalized spacial score (nSPS) is 15.0. The SMILES string of the molecule is CCOc1ccccc1OC1CCN(c2ccnc3c(F)ccc(F)c23)CC1. The van der Waals surface area contributed by atoms with Crippen molar-refractivity contribution in [3.05, 3.63) is 60.3 Å². The molecule has 0 aliphatic carbocycles. The van der Waals surface area contributed by atoms with E-state index in [1.807, 2.05) is 31.2 Å². The van der Waals surface area contributed by atoms with Crippen LogP contribution < -0.4 is 14.4 Å². The van der Waals surface area contributed by atoms with Crippen LogP contribution in [0.2, 0.25) is 0 Å². The first-order valence-corrected chi connectivity index (χ1v) is 9.53. The molecule has 0 amide bonds. The second kappa shape index (κ2) is 8.00. The molecule has 3 aromatic rings. The van der Waals surface area contributed by atoms with Gasteiger partial charge >= 0.3 is 0 Å². The van der Waals surface area contributed by atoms with E-state index in [1.165, 1.54) is 6.20 Å². The largest absolute Gasteiger partial charge is 0.490 e. The van der Waals surface area contributed by atoms with Crippen molar-refractivity contribution < 1.29 is 18.3 Å². The Morgan fingerprint density at radius 1 is 1.00 bits per heavy atom. The number of nitrogens with zero attached hydrogens (tertiary/aromatic N) is 2. The van der Waals surface area contributed by atoms with Crippen LogP contribution in [0.5, 0.6) is 11.5 Å². The topological polar surface area (TPSA) is 34.6 Å². The Morgan fingerprint density at radius 3 is 2.46 bits per heavy atom. The monoisotopic (exact) mass is 384 g/mol. The highest BCUT2D eigenvalue weighted by Gasteiger charge is 2.24. The van der Waals surface area contributed by atoms with Gasteiger partial charge in [0.2, 0.25) is 0 Å². The second-order valence-corrected chi connectivity index (χ2v) is 6.77. The molecule has 0 atom stereocenters. The van der Waals surface area contributed by atoms with Gasteiger partial charge in [0.25, 0.3) is 0 Å². The summed E-state index contributed by atoms with van der Waals surface area (Å²) in [5.74, 6) is 0.517. The number of hydrogen-bond donors (Lipinski definition) is 0. The minimum atomic E-state index is -0.510. The van der Waals surface area contributed by atoms with E-state index in [0.717, 1.165) is 36.5 Å². The van der Waals surface area contributed by atoms with Crippen LogP contribution in [0.3, 0.4) is 0 Å². The van der Waals surface area contributed by atoms with Crippen molar-refractivity contribution in [2.45, 2.75) is 25.9 Å². The van der Waals surface area contributed by atoms with Crippen molar-refractivity contribution in [3.8, 4) is 11.5 Å². The number of hydrogen-bond acceptors (Lipinski definition) is 4. The fraction of sp³-hybridized carbons (Fsp3) is 0.318. The molecule has 4 nitrogen and oxygen atoms in total. The van der Waals surface area contributed by atoms with Gasteiger partial charge in [0.1, 0.15) is 23.3 Å². The first-order chi connectivity index (χ1) is 13.7. The summed E-state index contributed by atoms with van der Waals surface area (Å²) in [6.45, 7) is 3.90. The van der Waals surface area contributed by atoms with Crippen molar-refractivity contribution in [2.75, 3.05) is 24.6 Å². The molecule has 1 aromatic heterocycles. The molecule has 28 heavy (non-hydrogen) atoms. The van der Waals surface area contributed by atoms with Gasteiger partial charge in [0, 0.05) is 32.1 Å². The fourth-order valence-corrected chi connectivity index (χ4v) is 3.66. The van der Waals surface area contributed by atoms with Crippen LogP contribution in [-0.2, 0) is 0 Å². The van der Waals surface area contributed by atoms with Gasteiger partial charge in [-0.25, -0.2) is 8.78 Å². The molecule has 0 radical (unpaired) electrons. The lowest BCUT2D eigenvalue weighted by Crippen LogP contribution is -2.38. The summed E-state index contributed by atoms with van der Waals surface area (Å²) in [6.07, 6.45) is 3.14. The summed E-state index contributed by atoms with van der Waals surface area (Å²) in [5, 5.41) is 0.239. The Kier molecular flexibility index (Phi) is 5.28. The molecule has 0 spiro atoms. The maximum Gasteiger partial charge on any atom is 0.161 e. The highest BCUT2D eigenvalue weighted by atomic mass is 19.1. The zero-order valence-corrected chi connectivity index (χ0v) is 15.7. The van der Waals surface area contributed by atoms with E-state index in [0.29, 0.717) is 25.4 Å². The molecular weight excluding hydrogens is 362 g/mol. The van der Waals surface area contributed by atoms with Crippen LogP contribution in [0, 0.1) is 11.6 Å². The van der Waals surface area contributed by atoms with Crippen LogP contribution in [-0.4, -0.2) is 30.8 Å². The molecule has 146 valence electrons. The standard InChI is InChI=1S/C22H22F2N2O2/c1-2-27-19-5-3-4-6-20(19)28-15-10-13-26(14-11-15)18-9-12-25-22-17(24)8-7-16(23)21(18)22/h3-9,12,15H,2,10-11,13-14H2,1H3. The van der Waals surface area contributed by atoms with Crippen molar-refractivity contribution in [3.63, 3.8) is 0 Å². The number of rotatable bonds is 5. The van der Waals surface area contributed by atoms with Gasteiger partial charge in [-0.05, 0) is 37.3 Å². The van der Waals surface area contributed by atoms with E-state index in [-0.39, 0.29) is 17.0 Å². The zero-order valence-electron chi connectivity index (χ0n) is 15.7. The molecule has 1 fully saturated rings. The Balaban J connectivity index is 1.50. The van der Waals surface area contributed by atoms with Gasteiger partial charge < -0.3 is 14.4 Å². The van der Waals surface area contributed by atoms with Gasteiger partial charge in [-0.2, -0.15) is 0 Å². The number of anilines is 1. The minimum absolute atomic E-state index is 0.0486. The van der Waals surface area contributed by atoms with Gasteiger partial charge in [0.05, 0.1) is 17.7 Å². The number of aromatic nitrogens is 1. The van der Waals surface area contributed by atoms with Crippen molar-refractivity contribution in [2.24, 2.45) is 0 Å². The van der Waals surface area contributed by atoms with E-state index < -0.39 is 11.6 Å². The highest BCUT2D eigenvalue weighted by molar-refractivity contribution is 5.92. The summed E-state index contributed by atoms with van der Waals surface area (Å²) < 4.78 is 40.2. The molecule has 6 heteroatoms. The average Bonchev–Trinajstić information content (AvgIpc) is 2.73. The molecule has 2 heterocycles. The number of para-hydroxylation sites is 2. The lowest BCUT2D eigenvalue weighted by atomic mass is 10.0. The maximum absolute atomic E-state index is 14.4. The number of benzene rings is 2. The van der Waals surface area contributed by atoms with E-state index in [4.69, 9.17) is 9.47 Å². The zero-order chi connectivity index (χ0) is 19.5.